The number of nitrogens with zero attached hydrogens (tertiary/aromatic N) is 1. The molecule has 4 heteroatoms. The molecule has 0 aromatic carbocycles. The smallest absolute Gasteiger partial charge is 0.235 e. The Morgan fingerprint density at radius 2 is 1.81 bits per heavy atom. The Hall–Kier alpha value is -0.640. The Morgan fingerprint density at radius 1 is 1.24 bits per heavy atom. The largest absolute Gasteiger partial charge is 0.392 e. The van der Waals surface area contributed by atoms with Crippen molar-refractivity contribution in [2.75, 3.05) is 6.54 Å². The van der Waals surface area contributed by atoms with E-state index in [1.54, 1.807) is 0 Å². The van der Waals surface area contributed by atoms with Gasteiger partial charge in [0.1, 0.15) is 0 Å². The van der Waals surface area contributed by atoms with E-state index in [1.807, 2.05) is 0 Å². The van der Waals surface area contributed by atoms with Crippen LogP contribution in [-0.4, -0.2) is 28.4 Å². The number of carbonyl (C=O) groups is 1. The fourth-order valence-electron chi connectivity index (χ4n) is 3.41. The highest BCUT2D eigenvalue weighted by atomic mass is 32.1. The van der Waals surface area contributed by atoms with E-state index in [2.05, 4.69) is 18.7 Å². The van der Waals surface area contributed by atoms with Crippen molar-refractivity contribution < 1.29 is 4.79 Å². The average Bonchev–Trinajstić information content (AvgIpc) is 3.24. The lowest BCUT2D eigenvalue weighted by Crippen LogP contribution is -2.51. The van der Waals surface area contributed by atoms with Crippen LogP contribution in [0.4, 0.5) is 0 Å². The van der Waals surface area contributed by atoms with Crippen LogP contribution >= 0.6 is 12.2 Å². The standard InChI is InChI=1S/C17H30N2OS/c1-13(2)9-12-19(14-7-8-14)16(20)17(15(18)21)10-5-3-4-6-11-17/h13-14H,3-12H2,1-2H3,(H2,18,21). The van der Waals surface area contributed by atoms with Gasteiger partial charge >= 0.3 is 0 Å². The van der Waals surface area contributed by atoms with Crippen molar-refractivity contribution in [2.45, 2.75) is 77.7 Å². The molecule has 0 heterocycles. The summed E-state index contributed by atoms with van der Waals surface area (Å²) in [5, 5.41) is 0. The van der Waals surface area contributed by atoms with E-state index in [9.17, 15) is 4.79 Å². The predicted octanol–water partition coefficient (Wildman–Crippen LogP) is 3.65. The lowest BCUT2D eigenvalue weighted by molar-refractivity contribution is -0.139. The van der Waals surface area contributed by atoms with Crippen molar-refractivity contribution >= 4 is 23.1 Å². The molecule has 0 saturated heterocycles. The second-order valence-corrected chi connectivity index (χ2v) is 7.71. The van der Waals surface area contributed by atoms with Crippen LogP contribution in [0.5, 0.6) is 0 Å². The zero-order valence-electron chi connectivity index (χ0n) is 13.6. The van der Waals surface area contributed by atoms with E-state index in [-0.39, 0.29) is 5.91 Å². The average molecular weight is 311 g/mol. The number of nitrogens with two attached hydrogens (primary N) is 1. The highest BCUT2D eigenvalue weighted by Crippen LogP contribution is 2.40. The van der Waals surface area contributed by atoms with Crippen LogP contribution in [0.1, 0.15) is 71.6 Å². The molecular weight excluding hydrogens is 280 g/mol. The second kappa shape index (κ2) is 7.08. The van der Waals surface area contributed by atoms with Crippen molar-refractivity contribution in [3.05, 3.63) is 0 Å². The molecule has 3 nitrogen and oxygen atoms in total. The summed E-state index contributed by atoms with van der Waals surface area (Å²) in [7, 11) is 0. The molecule has 2 aliphatic carbocycles. The van der Waals surface area contributed by atoms with Gasteiger partial charge in [0.2, 0.25) is 5.91 Å². The van der Waals surface area contributed by atoms with Crippen molar-refractivity contribution in [2.24, 2.45) is 17.1 Å². The van der Waals surface area contributed by atoms with E-state index in [1.165, 1.54) is 12.8 Å². The van der Waals surface area contributed by atoms with Crippen molar-refractivity contribution in [3.8, 4) is 0 Å². The summed E-state index contributed by atoms with van der Waals surface area (Å²) in [5.41, 5.74) is 5.52. The van der Waals surface area contributed by atoms with Crippen LogP contribution in [0.25, 0.3) is 0 Å². The highest BCUT2D eigenvalue weighted by molar-refractivity contribution is 7.80. The number of rotatable bonds is 6. The van der Waals surface area contributed by atoms with Gasteiger partial charge in [-0.2, -0.15) is 0 Å². The first-order chi connectivity index (χ1) is 9.97. The van der Waals surface area contributed by atoms with Gasteiger partial charge in [0.05, 0.1) is 10.4 Å². The summed E-state index contributed by atoms with van der Waals surface area (Å²) in [6, 6.07) is 0.450. The molecule has 2 aliphatic rings. The molecule has 0 aromatic rings. The van der Waals surface area contributed by atoms with E-state index < -0.39 is 5.41 Å². The Bertz CT molecular complexity index is 382. The van der Waals surface area contributed by atoms with Crippen molar-refractivity contribution in [3.63, 3.8) is 0 Å². The van der Waals surface area contributed by atoms with Crippen LogP contribution < -0.4 is 5.73 Å². The first-order valence-electron chi connectivity index (χ1n) is 8.58. The minimum atomic E-state index is -0.550. The van der Waals surface area contributed by atoms with Crippen LogP contribution in [0.3, 0.4) is 0 Å². The maximum Gasteiger partial charge on any atom is 0.235 e. The molecule has 2 fully saturated rings. The third-order valence-corrected chi connectivity index (χ3v) is 5.42. The summed E-state index contributed by atoms with van der Waals surface area (Å²) >= 11 is 5.36. The molecule has 1 amide bonds. The summed E-state index contributed by atoms with van der Waals surface area (Å²) in [5.74, 6) is 0.856. The summed E-state index contributed by atoms with van der Waals surface area (Å²) < 4.78 is 0. The summed E-state index contributed by atoms with van der Waals surface area (Å²) in [4.78, 5) is 15.8. The second-order valence-electron chi connectivity index (χ2n) is 7.27. The van der Waals surface area contributed by atoms with Gasteiger partial charge in [0.15, 0.2) is 0 Å². The third-order valence-electron chi connectivity index (χ3n) is 5.03. The number of hydrogen-bond donors (Lipinski definition) is 1. The zero-order chi connectivity index (χ0) is 15.5. The number of thiocarbonyl (C=S) groups is 1. The van der Waals surface area contributed by atoms with E-state index in [0.29, 0.717) is 16.9 Å². The molecule has 0 aliphatic heterocycles. The van der Waals surface area contributed by atoms with Crippen LogP contribution in [0, 0.1) is 11.3 Å². The Labute approximate surface area is 134 Å². The Morgan fingerprint density at radius 3 is 2.24 bits per heavy atom. The predicted molar refractivity (Wildman–Crippen MR) is 91.1 cm³/mol. The third kappa shape index (κ3) is 3.97. The van der Waals surface area contributed by atoms with Gasteiger partial charge in [-0.25, -0.2) is 0 Å². The van der Waals surface area contributed by atoms with Gasteiger partial charge in [-0.1, -0.05) is 51.7 Å². The van der Waals surface area contributed by atoms with E-state index in [0.717, 1.165) is 51.5 Å². The maximum atomic E-state index is 13.3. The van der Waals surface area contributed by atoms with Gasteiger partial charge < -0.3 is 10.6 Å². The lowest BCUT2D eigenvalue weighted by atomic mass is 9.78. The molecule has 21 heavy (non-hydrogen) atoms. The fourth-order valence-corrected chi connectivity index (χ4v) is 3.70. The molecule has 120 valence electrons. The minimum Gasteiger partial charge on any atom is -0.392 e. The summed E-state index contributed by atoms with van der Waals surface area (Å²) in [6.07, 6.45) is 9.62. The molecule has 0 aromatic heterocycles. The van der Waals surface area contributed by atoms with Crippen molar-refractivity contribution in [1.82, 2.24) is 4.90 Å². The van der Waals surface area contributed by atoms with Crippen LogP contribution in [0.2, 0.25) is 0 Å². The molecule has 0 spiro atoms. The van der Waals surface area contributed by atoms with Gasteiger partial charge in [-0.3, -0.25) is 4.79 Å². The zero-order valence-corrected chi connectivity index (χ0v) is 14.4. The maximum absolute atomic E-state index is 13.3. The van der Waals surface area contributed by atoms with Crippen molar-refractivity contribution in [1.29, 1.82) is 0 Å². The quantitative estimate of drug-likeness (QED) is 0.601. The van der Waals surface area contributed by atoms with Gasteiger partial charge in [0, 0.05) is 12.6 Å². The number of amides is 1. The molecule has 2 N–H and O–H groups in total. The van der Waals surface area contributed by atoms with E-state index in [4.69, 9.17) is 18.0 Å². The Kier molecular flexibility index (Phi) is 5.64. The van der Waals surface area contributed by atoms with Crippen LogP contribution in [0.15, 0.2) is 0 Å². The first kappa shape index (κ1) is 16.7. The molecule has 2 saturated carbocycles. The molecule has 0 atom stereocenters. The number of carbonyl (C=O) groups excluding carboxylic acids is 1. The van der Waals surface area contributed by atoms with Gasteiger partial charge in [-0.15, -0.1) is 0 Å². The van der Waals surface area contributed by atoms with Crippen LogP contribution in [-0.2, 0) is 4.79 Å². The minimum absolute atomic E-state index is 0.236. The van der Waals surface area contributed by atoms with E-state index >= 15 is 0 Å². The normalized spacial score (nSPS) is 21.9. The molecular formula is C17H30N2OS. The highest BCUT2D eigenvalue weighted by Gasteiger charge is 2.47. The molecule has 2 rings (SSSR count). The number of hydrogen-bond acceptors (Lipinski definition) is 2. The van der Waals surface area contributed by atoms with Gasteiger partial charge in [-0.05, 0) is 38.0 Å². The SMILES string of the molecule is CC(C)CCN(C(=O)C1(C(N)=S)CCCCCC1)C1CC1. The Balaban J connectivity index is 2.16. The lowest BCUT2D eigenvalue weighted by Gasteiger charge is -2.36. The topological polar surface area (TPSA) is 46.3 Å². The molecule has 0 radical (unpaired) electrons. The molecule has 0 bridgehead atoms. The van der Waals surface area contributed by atoms with Gasteiger partial charge in [0.25, 0.3) is 0 Å². The summed E-state index contributed by atoms with van der Waals surface area (Å²) in [6.45, 7) is 5.29. The molecule has 0 unspecified atom stereocenters. The first-order valence-corrected chi connectivity index (χ1v) is 8.99. The monoisotopic (exact) mass is 310 g/mol. The fraction of sp³-hybridized carbons (Fsp3) is 0.882.